The normalized spacial score (nSPS) is 23.1. The zero-order valence-electron chi connectivity index (χ0n) is 18.2. The third-order valence-corrected chi connectivity index (χ3v) is 6.60. The molecule has 0 saturated carbocycles. The summed E-state index contributed by atoms with van der Waals surface area (Å²) in [6, 6.07) is 5.79. The standard InChI is InChI=1S/C21H33FN4O4S/c1-3-23-21(27)26-12-6-8-18(24-31(2,28)29)20(26)15-30-16-10-13-25(14-11-16)19-9-5-4-7-17(19)22/h4-5,7,9,16,18,20,24H,3,6,8,10-15H2,1-2H3,(H,23,27). The fourth-order valence-electron chi connectivity index (χ4n) is 4.39. The highest BCUT2D eigenvalue weighted by atomic mass is 32.2. The number of sulfonamides is 1. The Bertz CT molecular complexity index is 846. The van der Waals surface area contributed by atoms with E-state index in [1.54, 1.807) is 17.0 Å². The van der Waals surface area contributed by atoms with Gasteiger partial charge in [0, 0.05) is 32.2 Å². The summed E-state index contributed by atoms with van der Waals surface area (Å²) in [5.74, 6) is -0.226. The topological polar surface area (TPSA) is 91.0 Å². The Hall–Kier alpha value is -1.91. The number of likely N-dealkylation sites (tertiary alicyclic amines) is 1. The van der Waals surface area contributed by atoms with E-state index in [1.165, 1.54) is 6.07 Å². The number of para-hydroxylation sites is 1. The van der Waals surface area contributed by atoms with E-state index in [9.17, 15) is 17.6 Å². The van der Waals surface area contributed by atoms with Gasteiger partial charge < -0.3 is 19.9 Å². The van der Waals surface area contributed by atoms with Crippen LogP contribution >= 0.6 is 0 Å². The van der Waals surface area contributed by atoms with Crippen LogP contribution in [0.2, 0.25) is 0 Å². The van der Waals surface area contributed by atoms with Gasteiger partial charge in [0.1, 0.15) is 5.82 Å². The van der Waals surface area contributed by atoms with Crippen LogP contribution in [0, 0.1) is 5.82 Å². The lowest BCUT2D eigenvalue weighted by Crippen LogP contribution is -2.60. The van der Waals surface area contributed by atoms with Crippen LogP contribution in [-0.2, 0) is 14.8 Å². The minimum Gasteiger partial charge on any atom is -0.376 e. The molecule has 2 N–H and O–H groups in total. The fraction of sp³-hybridized carbons (Fsp3) is 0.667. The molecule has 2 heterocycles. The molecular formula is C21H33FN4O4S. The number of urea groups is 1. The summed E-state index contributed by atoms with van der Waals surface area (Å²) in [5.41, 5.74) is 0.605. The van der Waals surface area contributed by atoms with Crippen LogP contribution in [0.5, 0.6) is 0 Å². The molecule has 1 aromatic rings. The monoisotopic (exact) mass is 456 g/mol. The van der Waals surface area contributed by atoms with Crippen molar-refractivity contribution < 1.29 is 22.3 Å². The van der Waals surface area contributed by atoms with Gasteiger partial charge in [-0.25, -0.2) is 22.3 Å². The summed E-state index contributed by atoms with van der Waals surface area (Å²) in [4.78, 5) is 16.2. The number of amides is 2. The molecule has 0 bridgehead atoms. The number of nitrogens with one attached hydrogen (secondary N) is 2. The molecule has 2 atom stereocenters. The van der Waals surface area contributed by atoms with Gasteiger partial charge in [-0.2, -0.15) is 0 Å². The Kier molecular flexibility index (Phi) is 8.12. The highest BCUT2D eigenvalue weighted by Crippen LogP contribution is 2.25. The van der Waals surface area contributed by atoms with Crippen LogP contribution in [0.3, 0.4) is 0 Å². The van der Waals surface area contributed by atoms with Gasteiger partial charge in [0.15, 0.2) is 0 Å². The largest absolute Gasteiger partial charge is 0.376 e. The third-order valence-electron chi connectivity index (χ3n) is 5.87. The minimum atomic E-state index is -3.41. The third kappa shape index (κ3) is 6.54. The number of piperidine rings is 2. The molecule has 2 aliphatic heterocycles. The van der Waals surface area contributed by atoms with Gasteiger partial charge in [-0.05, 0) is 44.7 Å². The molecule has 0 spiro atoms. The predicted molar refractivity (Wildman–Crippen MR) is 118 cm³/mol. The summed E-state index contributed by atoms with van der Waals surface area (Å²) >= 11 is 0. The molecule has 2 saturated heterocycles. The zero-order chi connectivity index (χ0) is 22.4. The Balaban J connectivity index is 1.61. The fourth-order valence-corrected chi connectivity index (χ4v) is 5.21. The van der Waals surface area contributed by atoms with Crippen molar-refractivity contribution in [3.05, 3.63) is 30.1 Å². The van der Waals surface area contributed by atoms with Gasteiger partial charge in [-0.1, -0.05) is 12.1 Å². The van der Waals surface area contributed by atoms with E-state index in [1.807, 2.05) is 17.9 Å². The molecule has 2 amide bonds. The molecule has 0 aliphatic carbocycles. The van der Waals surface area contributed by atoms with Crippen molar-refractivity contribution in [2.24, 2.45) is 0 Å². The second-order valence-corrected chi connectivity index (χ2v) is 9.99. The predicted octanol–water partition coefficient (Wildman–Crippen LogP) is 1.92. The number of rotatable bonds is 7. The number of carbonyl (C=O) groups is 1. The van der Waals surface area contributed by atoms with Crippen LogP contribution < -0.4 is 14.9 Å². The van der Waals surface area contributed by atoms with Crippen molar-refractivity contribution >= 4 is 21.7 Å². The second-order valence-electron chi connectivity index (χ2n) is 8.21. The summed E-state index contributed by atoms with van der Waals surface area (Å²) in [6.07, 6.45) is 3.98. The van der Waals surface area contributed by atoms with Gasteiger partial charge in [0.2, 0.25) is 10.0 Å². The molecule has 3 rings (SSSR count). The molecule has 2 fully saturated rings. The van der Waals surface area contributed by atoms with Crippen LogP contribution in [-0.4, -0.2) is 76.6 Å². The number of halogens is 1. The first-order valence-electron chi connectivity index (χ1n) is 10.9. The van der Waals surface area contributed by atoms with Crippen molar-refractivity contribution in [2.75, 3.05) is 43.9 Å². The Labute approximate surface area is 184 Å². The van der Waals surface area contributed by atoms with Crippen LogP contribution in [0.1, 0.15) is 32.6 Å². The van der Waals surface area contributed by atoms with Gasteiger partial charge in [-0.3, -0.25) is 0 Å². The van der Waals surface area contributed by atoms with E-state index in [2.05, 4.69) is 10.0 Å². The molecule has 174 valence electrons. The van der Waals surface area contributed by atoms with Crippen molar-refractivity contribution in [1.29, 1.82) is 0 Å². The molecule has 2 aliphatic rings. The summed E-state index contributed by atoms with van der Waals surface area (Å²) in [6.45, 7) is 4.54. The van der Waals surface area contributed by atoms with E-state index < -0.39 is 10.0 Å². The lowest BCUT2D eigenvalue weighted by molar-refractivity contribution is -0.00982. The average Bonchev–Trinajstić information content (AvgIpc) is 2.72. The molecule has 8 nitrogen and oxygen atoms in total. The van der Waals surface area contributed by atoms with Crippen molar-refractivity contribution in [1.82, 2.24) is 14.9 Å². The number of benzene rings is 1. The number of carbonyl (C=O) groups excluding carboxylic acids is 1. The first kappa shape index (κ1) is 23.7. The maximum Gasteiger partial charge on any atom is 0.317 e. The van der Waals surface area contributed by atoms with Crippen LogP contribution in [0.4, 0.5) is 14.9 Å². The Morgan fingerprint density at radius 3 is 2.55 bits per heavy atom. The molecular weight excluding hydrogens is 423 g/mol. The SMILES string of the molecule is CCNC(=O)N1CCCC(NS(C)(=O)=O)C1COC1CCN(c2ccccc2F)CC1. The van der Waals surface area contributed by atoms with E-state index >= 15 is 0 Å². The van der Waals surface area contributed by atoms with Crippen molar-refractivity contribution in [3.8, 4) is 0 Å². The van der Waals surface area contributed by atoms with Crippen molar-refractivity contribution in [2.45, 2.75) is 50.8 Å². The number of ether oxygens (including phenoxy) is 1. The molecule has 31 heavy (non-hydrogen) atoms. The Morgan fingerprint density at radius 2 is 1.90 bits per heavy atom. The number of nitrogens with zero attached hydrogens (tertiary/aromatic N) is 2. The minimum absolute atomic E-state index is 0.0140. The quantitative estimate of drug-likeness (QED) is 0.654. The Morgan fingerprint density at radius 1 is 1.19 bits per heavy atom. The number of anilines is 1. The molecule has 10 heteroatoms. The number of hydrogen-bond donors (Lipinski definition) is 2. The number of hydrogen-bond acceptors (Lipinski definition) is 5. The van der Waals surface area contributed by atoms with Gasteiger partial charge >= 0.3 is 6.03 Å². The zero-order valence-corrected chi connectivity index (χ0v) is 19.0. The summed E-state index contributed by atoms with van der Waals surface area (Å²) < 4.78 is 46.6. The summed E-state index contributed by atoms with van der Waals surface area (Å²) in [5, 5.41) is 2.81. The average molecular weight is 457 g/mol. The summed E-state index contributed by atoms with van der Waals surface area (Å²) in [7, 11) is -3.41. The lowest BCUT2D eigenvalue weighted by Gasteiger charge is -2.42. The maximum absolute atomic E-state index is 14.0. The van der Waals surface area contributed by atoms with E-state index in [0.717, 1.165) is 25.5 Å². The second kappa shape index (κ2) is 10.6. The van der Waals surface area contributed by atoms with Crippen LogP contribution in [0.25, 0.3) is 0 Å². The lowest BCUT2D eigenvalue weighted by atomic mass is 9.97. The maximum atomic E-state index is 14.0. The van der Waals surface area contributed by atoms with Gasteiger partial charge in [0.25, 0.3) is 0 Å². The van der Waals surface area contributed by atoms with Gasteiger partial charge in [-0.15, -0.1) is 0 Å². The first-order valence-corrected chi connectivity index (χ1v) is 12.8. The smallest absolute Gasteiger partial charge is 0.317 e. The van der Waals surface area contributed by atoms with E-state index in [0.29, 0.717) is 38.3 Å². The molecule has 1 aromatic carbocycles. The molecule has 0 radical (unpaired) electrons. The molecule has 0 aromatic heterocycles. The van der Waals surface area contributed by atoms with Crippen molar-refractivity contribution in [3.63, 3.8) is 0 Å². The van der Waals surface area contributed by atoms with Crippen LogP contribution in [0.15, 0.2) is 24.3 Å². The molecule has 2 unspecified atom stereocenters. The van der Waals surface area contributed by atoms with E-state index in [-0.39, 0.29) is 36.6 Å². The van der Waals surface area contributed by atoms with E-state index in [4.69, 9.17) is 4.74 Å². The highest BCUT2D eigenvalue weighted by molar-refractivity contribution is 7.88. The van der Waals surface area contributed by atoms with Gasteiger partial charge in [0.05, 0.1) is 30.7 Å². The first-order chi connectivity index (χ1) is 14.8. The highest BCUT2D eigenvalue weighted by Gasteiger charge is 2.36.